The van der Waals surface area contributed by atoms with Gasteiger partial charge in [0.1, 0.15) is 11.0 Å². The van der Waals surface area contributed by atoms with Gasteiger partial charge in [0.15, 0.2) is 0 Å². The first-order valence-electron chi connectivity index (χ1n) is 5.86. The first-order chi connectivity index (χ1) is 9.81. The van der Waals surface area contributed by atoms with Gasteiger partial charge in [-0.25, -0.2) is 9.18 Å². The average molecular weight is 312 g/mol. The lowest BCUT2D eigenvalue weighted by molar-refractivity contribution is 0.0999. The SMILES string of the molecule is Cn1c(=O)cc(Cl)n(Cc2cc(F)ccc2C(N)=O)c1=O. The predicted octanol–water partition coefficient (Wildman–Crippen LogP) is 0.487. The molecule has 0 radical (unpaired) electrons. The number of primary amides is 1. The Kier molecular flexibility index (Phi) is 3.95. The number of halogens is 2. The number of nitrogens with zero attached hydrogens (tertiary/aromatic N) is 2. The van der Waals surface area contributed by atoms with Crippen LogP contribution in [0.25, 0.3) is 0 Å². The highest BCUT2D eigenvalue weighted by Gasteiger charge is 2.13. The molecule has 0 unspecified atom stereocenters. The highest BCUT2D eigenvalue weighted by atomic mass is 35.5. The number of carbonyl (C=O) groups is 1. The summed E-state index contributed by atoms with van der Waals surface area (Å²) in [5.41, 5.74) is 4.25. The summed E-state index contributed by atoms with van der Waals surface area (Å²) in [7, 11) is 1.29. The van der Waals surface area contributed by atoms with E-state index in [-0.39, 0.29) is 22.8 Å². The standard InChI is InChI=1S/C13H11ClFN3O3/c1-17-11(19)5-10(14)18(13(17)21)6-7-4-8(15)2-3-9(7)12(16)20/h2-5H,6H2,1H3,(H2,16,20). The Morgan fingerprint density at radius 1 is 1.33 bits per heavy atom. The molecule has 1 heterocycles. The Morgan fingerprint density at radius 2 is 2.00 bits per heavy atom. The van der Waals surface area contributed by atoms with E-state index in [2.05, 4.69) is 0 Å². The number of amides is 1. The molecule has 1 aromatic carbocycles. The fourth-order valence-electron chi connectivity index (χ4n) is 1.89. The van der Waals surface area contributed by atoms with Crippen LogP contribution < -0.4 is 17.0 Å². The molecule has 0 saturated heterocycles. The molecule has 0 aliphatic carbocycles. The minimum atomic E-state index is -0.751. The van der Waals surface area contributed by atoms with Crippen molar-refractivity contribution in [2.45, 2.75) is 6.54 Å². The molecule has 0 spiro atoms. The fourth-order valence-corrected chi connectivity index (χ4v) is 2.12. The Balaban J connectivity index is 2.61. The number of benzene rings is 1. The minimum absolute atomic E-state index is 0.0771. The maximum absolute atomic E-state index is 13.3. The third-order valence-electron chi connectivity index (χ3n) is 3.01. The highest BCUT2D eigenvalue weighted by molar-refractivity contribution is 6.29. The van der Waals surface area contributed by atoms with Crippen LogP contribution >= 0.6 is 11.6 Å². The lowest BCUT2D eigenvalue weighted by Gasteiger charge is -2.12. The quantitative estimate of drug-likeness (QED) is 0.837. The van der Waals surface area contributed by atoms with E-state index in [4.69, 9.17) is 17.3 Å². The molecule has 21 heavy (non-hydrogen) atoms. The third kappa shape index (κ3) is 2.87. The number of hydrogen-bond acceptors (Lipinski definition) is 3. The van der Waals surface area contributed by atoms with E-state index >= 15 is 0 Å². The van der Waals surface area contributed by atoms with Gasteiger partial charge in [-0.2, -0.15) is 0 Å². The van der Waals surface area contributed by atoms with Gasteiger partial charge in [-0.15, -0.1) is 0 Å². The van der Waals surface area contributed by atoms with Crippen LogP contribution in [0, 0.1) is 5.82 Å². The molecule has 0 fully saturated rings. The van der Waals surface area contributed by atoms with Gasteiger partial charge < -0.3 is 5.73 Å². The van der Waals surface area contributed by atoms with Crippen molar-refractivity contribution in [3.63, 3.8) is 0 Å². The molecule has 1 aromatic heterocycles. The van der Waals surface area contributed by atoms with E-state index < -0.39 is 23.0 Å². The smallest absolute Gasteiger partial charge is 0.332 e. The van der Waals surface area contributed by atoms with Crippen molar-refractivity contribution in [3.8, 4) is 0 Å². The van der Waals surface area contributed by atoms with E-state index in [1.165, 1.54) is 13.1 Å². The number of aromatic nitrogens is 2. The summed E-state index contributed by atoms with van der Waals surface area (Å²) in [6.45, 7) is -0.179. The summed E-state index contributed by atoms with van der Waals surface area (Å²) in [5.74, 6) is -1.33. The van der Waals surface area contributed by atoms with Gasteiger partial charge in [0.25, 0.3) is 5.56 Å². The summed E-state index contributed by atoms with van der Waals surface area (Å²) in [6.07, 6.45) is 0. The van der Waals surface area contributed by atoms with E-state index in [9.17, 15) is 18.8 Å². The van der Waals surface area contributed by atoms with Crippen LogP contribution in [0.1, 0.15) is 15.9 Å². The molecule has 2 rings (SSSR count). The maximum atomic E-state index is 13.3. The van der Waals surface area contributed by atoms with Gasteiger partial charge in [-0.1, -0.05) is 11.6 Å². The summed E-state index contributed by atoms with van der Waals surface area (Å²) in [4.78, 5) is 34.8. The molecule has 0 saturated carbocycles. The lowest BCUT2D eigenvalue weighted by atomic mass is 10.1. The summed E-state index contributed by atoms with van der Waals surface area (Å²) >= 11 is 5.87. The van der Waals surface area contributed by atoms with Crippen molar-refractivity contribution < 1.29 is 9.18 Å². The fraction of sp³-hybridized carbons (Fsp3) is 0.154. The molecule has 0 bridgehead atoms. The molecule has 0 atom stereocenters. The summed E-state index contributed by atoms with van der Waals surface area (Å²) in [6, 6.07) is 4.47. The Morgan fingerprint density at radius 3 is 2.62 bits per heavy atom. The van der Waals surface area contributed by atoms with Gasteiger partial charge in [0.05, 0.1) is 6.54 Å². The van der Waals surface area contributed by atoms with Gasteiger partial charge in [0, 0.05) is 18.7 Å². The zero-order valence-corrected chi connectivity index (χ0v) is 11.7. The molecule has 2 N–H and O–H groups in total. The van der Waals surface area contributed by atoms with E-state index in [0.717, 1.165) is 27.3 Å². The van der Waals surface area contributed by atoms with Crippen molar-refractivity contribution in [1.29, 1.82) is 0 Å². The van der Waals surface area contributed by atoms with Crippen LogP contribution in [0.2, 0.25) is 5.15 Å². The van der Waals surface area contributed by atoms with Crippen molar-refractivity contribution in [1.82, 2.24) is 9.13 Å². The van der Waals surface area contributed by atoms with Crippen molar-refractivity contribution in [3.05, 3.63) is 67.2 Å². The van der Waals surface area contributed by atoms with Gasteiger partial charge in [0.2, 0.25) is 5.91 Å². The Labute approximate surface area is 123 Å². The highest BCUT2D eigenvalue weighted by Crippen LogP contribution is 2.14. The second kappa shape index (κ2) is 5.53. The second-order valence-electron chi connectivity index (χ2n) is 4.40. The summed E-state index contributed by atoms with van der Waals surface area (Å²) in [5, 5.41) is -0.109. The molecular weight excluding hydrogens is 301 g/mol. The minimum Gasteiger partial charge on any atom is -0.366 e. The van der Waals surface area contributed by atoms with E-state index in [1.807, 2.05) is 0 Å². The lowest BCUT2D eigenvalue weighted by Crippen LogP contribution is -2.38. The van der Waals surface area contributed by atoms with Crippen molar-refractivity contribution in [2.75, 3.05) is 0 Å². The third-order valence-corrected chi connectivity index (χ3v) is 3.32. The molecule has 110 valence electrons. The average Bonchev–Trinajstić information content (AvgIpc) is 2.41. The van der Waals surface area contributed by atoms with Crippen LogP contribution in [0.15, 0.2) is 33.9 Å². The van der Waals surface area contributed by atoms with Crippen LogP contribution in [0.4, 0.5) is 4.39 Å². The number of hydrogen-bond donors (Lipinski definition) is 1. The zero-order valence-electron chi connectivity index (χ0n) is 11.0. The number of carbonyl (C=O) groups excluding carboxylic acids is 1. The van der Waals surface area contributed by atoms with E-state index in [0.29, 0.717) is 0 Å². The second-order valence-corrected chi connectivity index (χ2v) is 4.79. The Bertz CT molecular complexity index is 842. The van der Waals surface area contributed by atoms with Crippen LogP contribution in [0.3, 0.4) is 0 Å². The predicted molar refractivity (Wildman–Crippen MR) is 75.0 cm³/mol. The molecule has 1 amide bonds. The molecule has 0 aliphatic rings. The maximum Gasteiger partial charge on any atom is 0.332 e. The molecular formula is C13H11ClFN3O3. The van der Waals surface area contributed by atoms with Crippen LogP contribution in [-0.2, 0) is 13.6 Å². The number of rotatable bonds is 3. The van der Waals surface area contributed by atoms with Gasteiger partial charge in [-0.3, -0.25) is 18.7 Å². The summed E-state index contributed by atoms with van der Waals surface area (Å²) < 4.78 is 15.2. The van der Waals surface area contributed by atoms with Gasteiger partial charge >= 0.3 is 5.69 Å². The molecule has 8 heteroatoms. The zero-order chi connectivity index (χ0) is 15.7. The number of nitrogens with two attached hydrogens (primary N) is 1. The molecule has 0 aliphatic heterocycles. The first-order valence-corrected chi connectivity index (χ1v) is 6.23. The molecule has 2 aromatic rings. The first kappa shape index (κ1) is 15.0. The van der Waals surface area contributed by atoms with Crippen LogP contribution in [0.5, 0.6) is 0 Å². The van der Waals surface area contributed by atoms with Crippen LogP contribution in [-0.4, -0.2) is 15.0 Å². The normalized spacial score (nSPS) is 10.6. The topological polar surface area (TPSA) is 87.1 Å². The largest absolute Gasteiger partial charge is 0.366 e. The van der Waals surface area contributed by atoms with E-state index in [1.54, 1.807) is 0 Å². The van der Waals surface area contributed by atoms with Gasteiger partial charge in [-0.05, 0) is 23.8 Å². The Hall–Kier alpha value is -2.41. The monoisotopic (exact) mass is 311 g/mol. The molecule has 6 nitrogen and oxygen atoms in total. The van der Waals surface area contributed by atoms with Crippen molar-refractivity contribution in [2.24, 2.45) is 12.8 Å². The van der Waals surface area contributed by atoms with Crippen molar-refractivity contribution >= 4 is 17.5 Å².